The fourth-order valence-corrected chi connectivity index (χ4v) is 1.46. The number of rotatable bonds is 5. The minimum atomic E-state index is -0.176. The van der Waals surface area contributed by atoms with E-state index in [1.807, 2.05) is 25.2 Å². The summed E-state index contributed by atoms with van der Waals surface area (Å²) in [7, 11) is 3.27. The highest BCUT2D eigenvalue weighted by molar-refractivity contribution is 5.85. The molecule has 0 aliphatic heterocycles. The zero-order valence-corrected chi connectivity index (χ0v) is 10.4. The van der Waals surface area contributed by atoms with Crippen molar-refractivity contribution in [1.29, 1.82) is 0 Å². The predicted octanol–water partition coefficient (Wildman–Crippen LogP) is 1.80. The molecule has 0 saturated heterocycles. The highest BCUT2D eigenvalue weighted by Crippen LogP contribution is 2.05. The van der Waals surface area contributed by atoms with Crippen molar-refractivity contribution in [2.45, 2.75) is 18.9 Å². The van der Waals surface area contributed by atoms with Gasteiger partial charge in [0, 0.05) is 6.04 Å². The third-order valence-corrected chi connectivity index (χ3v) is 2.37. The standard InChI is InChI=1S/C12H17NO2.ClH/c1-13-11(9-12(14)15-2)8-10-6-4-3-5-7-10;/h3-7,11,13H,8-9H2,1-2H3;1H/t11-;/m0./s1. The molecule has 0 aliphatic carbocycles. The van der Waals surface area contributed by atoms with Crippen LogP contribution in [0, 0.1) is 0 Å². The summed E-state index contributed by atoms with van der Waals surface area (Å²) in [6, 6.07) is 10.2. The molecule has 1 atom stereocenters. The summed E-state index contributed by atoms with van der Waals surface area (Å²) in [6.07, 6.45) is 1.24. The fourth-order valence-electron chi connectivity index (χ4n) is 1.46. The van der Waals surface area contributed by atoms with Crippen molar-refractivity contribution >= 4 is 18.4 Å². The number of halogens is 1. The maximum absolute atomic E-state index is 11.1. The van der Waals surface area contributed by atoms with E-state index in [0.29, 0.717) is 6.42 Å². The fraction of sp³-hybridized carbons (Fsp3) is 0.417. The van der Waals surface area contributed by atoms with Crippen LogP contribution in [0.1, 0.15) is 12.0 Å². The Morgan fingerprint density at radius 1 is 1.38 bits per heavy atom. The Hall–Kier alpha value is -1.06. The zero-order chi connectivity index (χ0) is 11.1. The topological polar surface area (TPSA) is 38.3 Å². The molecule has 0 fully saturated rings. The molecule has 3 nitrogen and oxygen atoms in total. The van der Waals surface area contributed by atoms with Gasteiger partial charge in [-0.15, -0.1) is 12.4 Å². The van der Waals surface area contributed by atoms with E-state index in [4.69, 9.17) is 0 Å². The van der Waals surface area contributed by atoms with Crippen molar-refractivity contribution in [2.24, 2.45) is 0 Å². The molecule has 0 aliphatic rings. The molecule has 1 aromatic carbocycles. The molecule has 4 heteroatoms. The monoisotopic (exact) mass is 243 g/mol. The van der Waals surface area contributed by atoms with Gasteiger partial charge in [-0.2, -0.15) is 0 Å². The molecule has 0 radical (unpaired) electrons. The molecule has 16 heavy (non-hydrogen) atoms. The third-order valence-electron chi connectivity index (χ3n) is 2.37. The van der Waals surface area contributed by atoms with Crippen LogP contribution in [-0.4, -0.2) is 26.2 Å². The van der Waals surface area contributed by atoms with E-state index in [0.717, 1.165) is 6.42 Å². The summed E-state index contributed by atoms with van der Waals surface area (Å²) in [5.74, 6) is -0.176. The first-order valence-electron chi connectivity index (χ1n) is 5.04. The molecule has 0 spiro atoms. The highest BCUT2D eigenvalue weighted by Gasteiger charge is 2.12. The minimum absolute atomic E-state index is 0. The second kappa shape index (κ2) is 8.13. The van der Waals surface area contributed by atoms with Crippen LogP contribution in [0.15, 0.2) is 30.3 Å². The van der Waals surface area contributed by atoms with Gasteiger partial charge in [-0.05, 0) is 19.0 Å². The van der Waals surface area contributed by atoms with Crippen molar-refractivity contribution in [3.63, 3.8) is 0 Å². The lowest BCUT2D eigenvalue weighted by Gasteiger charge is -2.14. The van der Waals surface area contributed by atoms with Gasteiger partial charge in [-0.25, -0.2) is 0 Å². The largest absolute Gasteiger partial charge is 0.469 e. The van der Waals surface area contributed by atoms with Gasteiger partial charge in [-0.3, -0.25) is 4.79 Å². The average Bonchev–Trinajstić information content (AvgIpc) is 2.29. The van der Waals surface area contributed by atoms with Gasteiger partial charge in [0.05, 0.1) is 13.5 Å². The second-order valence-electron chi connectivity index (χ2n) is 3.46. The molecular formula is C12H18ClNO2. The summed E-state index contributed by atoms with van der Waals surface area (Å²) < 4.78 is 4.64. The molecule has 0 unspecified atom stereocenters. The van der Waals surface area contributed by atoms with Crippen molar-refractivity contribution in [3.8, 4) is 0 Å². The number of likely N-dealkylation sites (N-methyl/N-ethyl adjacent to an activating group) is 1. The number of hydrogen-bond donors (Lipinski definition) is 1. The Labute approximate surface area is 103 Å². The van der Waals surface area contributed by atoms with E-state index >= 15 is 0 Å². The number of benzene rings is 1. The van der Waals surface area contributed by atoms with Crippen LogP contribution >= 0.6 is 12.4 Å². The second-order valence-corrected chi connectivity index (χ2v) is 3.46. The minimum Gasteiger partial charge on any atom is -0.469 e. The van der Waals surface area contributed by atoms with Crippen LogP contribution in [0.25, 0.3) is 0 Å². The smallest absolute Gasteiger partial charge is 0.307 e. The molecule has 0 aromatic heterocycles. The lowest BCUT2D eigenvalue weighted by molar-refractivity contribution is -0.141. The number of methoxy groups -OCH3 is 1. The molecule has 0 saturated carbocycles. The van der Waals surface area contributed by atoms with Gasteiger partial charge in [0.2, 0.25) is 0 Å². The van der Waals surface area contributed by atoms with E-state index in [1.165, 1.54) is 12.7 Å². The number of esters is 1. The number of ether oxygens (including phenoxy) is 1. The van der Waals surface area contributed by atoms with Gasteiger partial charge in [-0.1, -0.05) is 30.3 Å². The lowest BCUT2D eigenvalue weighted by Crippen LogP contribution is -2.30. The third kappa shape index (κ3) is 5.14. The lowest BCUT2D eigenvalue weighted by atomic mass is 10.0. The SMILES string of the molecule is CN[C@H](CC(=O)OC)Cc1ccccc1.Cl. The Bertz CT molecular complexity index is 303. The van der Waals surface area contributed by atoms with Crippen molar-refractivity contribution in [1.82, 2.24) is 5.32 Å². The Morgan fingerprint density at radius 2 is 2.00 bits per heavy atom. The zero-order valence-electron chi connectivity index (χ0n) is 9.60. The summed E-state index contributed by atoms with van der Waals surface area (Å²) >= 11 is 0. The van der Waals surface area contributed by atoms with Gasteiger partial charge < -0.3 is 10.1 Å². The van der Waals surface area contributed by atoms with Crippen LogP contribution < -0.4 is 5.32 Å². The van der Waals surface area contributed by atoms with Crippen LogP contribution in [0.4, 0.5) is 0 Å². The molecule has 0 amide bonds. The Kier molecular flexibility index (Phi) is 7.60. The molecule has 1 aromatic rings. The Morgan fingerprint density at radius 3 is 2.50 bits per heavy atom. The first-order valence-corrected chi connectivity index (χ1v) is 5.04. The number of carbonyl (C=O) groups excluding carboxylic acids is 1. The average molecular weight is 244 g/mol. The van der Waals surface area contributed by atoms with Crippen LogP contribution in [-0.2, 0) is 16.0 Å². The molecule has 90 valence electrons. The van der Waals surface area contributed by atoms with Crippen molar-refractivity contribution in [3.05, 3.63) is 35.9 Å². The van der Waals surface area contributed by atoms with Crippen molar-refractivity contribution < 1.29 is 9.53 Å². The number of hydrogen-bond acceptors (Lipinski definition) is 3. The molecule has 1 rings (SSSR count). The maximum atomic E-state index is 11.1. The van der Waals surface area contributed by atoms with E-state index in [-0.39, 0.29) is 24.4 Å². The van der Waals surface area contributed by atoms with E-state index < -0.39 is 0 Å². The normalized spacial score (nSPS) is 11.4. The van der Waals surface area contributed by atoms with Gasteiger partial charge in [0.1, 0.15) is 0 Å². The van der Waals surface area contributed by atoms with Gasteiger partial charge in [0.25, 0.3) is 0 Å². The van der Waals surface area contributed by atoms with E-state index in [1.54, 1.807) is 0 Å². The maximum Gasteiger partial charge on any atom is 0.307 e. The van der Waals surface area contributed by atoms with E-state index in [9.17, 15) is 4.79 Å². The van der Waals surface area contributed by atoms with Crippen LogP contribution in [0.3, 0.4) is 0 Å². The molecular weight excluding hydrogens is 226 g/mol. The van der Waals surface area contributed by atoms with Gasteiger partial charge in [0.15, 0.2) is 0 Å². The summed E-state index contributed by atoms with van der Waals surface area (Å²) in [5.41, 5.74) is 1.22. The van der Waals surface area contributed by atoms with Gasteiger partial charge >= 0.3 is 5.97 Å². The summed E-state index contributed by atoms with van der Waals surface area (Å²) in [4.78, 5) is 11.1. The first-order chi connectivity index (χ1) is 7.26. The molecule has 0 heterocycles. The molecule has 0 bridgehead atoms. The summed E-state index contributed by atoms with van der Waals surface area (Å²) in [6.45, 7) is 0. The van der Waals surface area contributed by atoms with E-state index in [2.05, 4.69) is 22.2 Å². The van der Waals surface area contributed by atoms with Crippen LogP contribution in [0.2, 0.25) is 0 Å². The summed E-state index contributed by atoms with van der Waals surface area (Å²) in [5, 5.41) is 3.11. The quantitative estimate of drug-likeness (QED) is 0.802. The van der Waals surface area contributed by atoms with Crippen molar-refractivity contribution in [2.75, 3.05) is 14.2 Å². The van der Waals surface area contributed by atoms with Crippen LogP contribution in [0.5, 0.6) is 0 Å². The number of nitrogens with one attached hydrogen (secondary N) is 1. The predicted molar refractivity (Wildman–Crippen MR) is 66.9 cm³/mol. The first kappa shape index (κ1) is 14.9. The Balaban J connectivity index is 0.00000225. The molecule has 1 N–H and O–H groups in total. The number of carbonyl (C=O) groups is 1. The highest BCUT2D eigenvalue weighted by atomic mass is 35.5.